The molecule has 0 saturated heterocycles. The molecule has 1 aliphatic rings. The molecule has 0 aliphatic carbocycles. The van der Waals surface area contributed by atoms with Crippen LogP contribution in [0.4, 0.5) is 11.4 Å². The zero-order valence-electron chi connectivity index (χ0n) is 10.9. The molecule has 0 aromatic heterocycles. The molecule has 1 atom stereocenters. The quantitative estimate of drug-likeness (QED) is 0.649. The standard InChI is InChI=1S/C13H16N2O4/c1-8-13(17)15(6-5-12(16)18-2)10-7-9(14)3-4-11(10)19-8/h3-4,7-8H,5-6,14H2,1-2H3. The highest BCUT2D eigenvalue weighted by molar-refractivity contribution is 6.00. The maximum Gasteiger partial charge on any atom is 0.307 e. The third-order valence-corrected chi connectivity index (χ3v) is 2.96. The molecule has 2 rings (SSSR count). The van der Waals surface area contributed by atoms with Crippen LogP contribution in [0.2, 0.25) is 0 Å². The minimum absolute atomic E-state index is 0.128. The molecule has 0 spiro atoms. The molecule has 1 amide bonds. The van der Waals surface area contributed by atoms with Crippen LogP contribution in [0.25, 0.3) is 0 Å². The van der Waals surface area contributed by atoms with E-state index in [0.29, 0.717) is 17.1 Å². The molecule has 0 fully saturated rings. The number of carbonyl (C=O) groups is 2. The van der Waals surface area contributed by atoms with Crippen LogP contribution < -0.4 is 15.4 Å². The van der Waals surface area contributed by atoms with Gasteiger partial charge in [0.25, 0.3) is 5.91 Å². The van der Waals surface area contributed by atoms with Gasteiger partial charge in [0, 0.05) is 12.2 Å². The van der Waals surface area contributed by atoms with Gasteiger partial charge in [-0.2, -0.15) is 0 Å². The van der Waals surface area contributed by atoms with Gasteiger partial charge in [0.1, 0.15) is 5.75 Å². The molecular weight excluding hydrogens is 248 g/mol. The normalized spacial score (nSPS) is 17.7. The number of ether oxygens (including phenoxy) is 2. The first-order valence-electron chi connectivity index (χ1n) is 5.97. The number of anilines is 2. The van der Waals surface area contributed by atoms with Gasteiger partial charge in [0.15, 0.2) is 6.10 Å². The summed E-state index contributed by atoms with van der Waals surface area (Å²) >= 11 is 0. The van der Waals surface area contributed by atoms with Crippen molar-refractivity contribution in [2.24, 2.45) is 0 Å². The largest absolute Gasteiger partial charge is 0.479 e. The van der Waals surface area contributed by atoms with Gasteiger partial charge >= 0.3 is 5.97 Å². The number of amides is 1. The zero-order valence-corrected chi connectivity index (χ0v) is 10.9. The van der Waals surface area contributed by atoms with Gasteiger partial charge in [-0.3, -0.25) is 9.59 Å². The van der Waals surface area contributed by atoms with E-state index in [1.807, 2.05) is 0 Å². The number of nitrogens with two attached hydrogens (primary N) is 1. The number of rotatable bonds is 3. The Balaban J connectivity index is 2.28. The molecule has 0 radical (unpaired) electrons. The highest BCUT2D eigenvalue weighted by Gasteiger charge is 2.31. The van der Waals surface area contributed by atoms with E-state index in [1.54, 1.807) is 25.1 Å². The second kappa shape index (κ2) is 5.17. The van der Waals surface area contributed by atoms with E-state index in [2.05, 4.69) is 4.74 Å². The fourth-order valence-corrected chi connectivity index (χ4v) is 1.96. The molecule has 2 N–H and O–H groups in total. The summed E-state index contributed by atoms with van der Waals surface area (Å²) in [7, 11) is 1.32. The Kier molecular flexibility index (Phi) is 3.59. The number of fused-ring (bicyclic) bond motifs is 1. The van der Waals surface area contributed by atoms with Crippen molar-refractivity contribution in [1.29, 1.82) is 0 Å². The van der Waals surface area contributed by atoms with Crippen molar-refractivity contribution in [3.63, 3.8) is 0 Å². The Morgan fingerprint density at radius 2 is 2.26 bits per heavy atom. The van der Waals surface area contributed by atoms with Gasteiger partial charge in [-0.25, -0.2) is 0 Å². The monoisotopic (exact) mass is 264 g/mol. The molecule has 1 aromatic carbocycles. The molecule has 1 aliphatic heterocycles. The SMILES string of the molecule is COC(=O)CCN1C(=O)C(C)Oc2ccc(N)cc21. The Labute approximate surface area is 111 Å². The van der Waals surface area contributed by atoms with E-state index in [0.717, 1.165) is 0 Å². The van der Waals surface area contributed by atoms with Crippen LogP contribution in [0.5, 0.6) is 5.75 Å². The van der Waals surface area contributed by atoms with Crippen LogP contribution >= 0.6 is 0 Å². The fourth-order valence-electron chi connectivity index (χ4n) is 1.96. The highest BCUT2D eigenvalue weighted by atomic mass is 16.5. The van der Waals surface area contributed by atoms with Gasteiger partial charge in [-0.1, -0.05) is 0 Å². The summed E-state index contributed by atoms with van der Waals surface area (Å²) in [5, 5.41) is 0. The molecule has 19 heavy (non-hydrogen) atoms. The average Bonchev–Trinajstić information content (AvgIpc) is 2.39. The lowest BCUT2D eigenvalue weighted by molar-refractivity contribution is -0.140. The first kappa shape index (κ1) is 13.2. The van der Waals surface area contributed by atoms with Crippen molar-refractivity contribution >= 4 is 23.3 Å². The van der Waals surface area contributed by atoms with Crippen LogP contribution in [0, 0.1) is 0 Å². The van der Waals surface area contributed by atoms with Crippen molar-refractivity contribution in [2.45, 2.75) is 19.4 Å². The van der Waals surface area contributed by atoms with E-state index in [4.69, 9.17) is 10.5 Å². The molecule has 1 unspecified atom stereocenters. The van der Waals surface area contributed by atoms with E-state index in [9.17, 15) is 9.59 Å². The maximum absolute atomic E-state index is 12.1. The van der Waals surface area contributed by atoms with Crippen LogP contribution in [0.15, 0.2) is 18.2 Å². The van der Waals surface area contributed by atoms with E-state index >= 15 is 0 Å². The topological polar surface area (TPSA) is 81.9 Å². The van der Waals surface area contributed by atoms with E-state index < -0.39 is 6.10 Å². The number of nitrogens with zero attached hydrogens (tertiary/aromatic N) is 1. The summed E-state index contributed by atoms with van der Waals surface area (Å²) < 4.78 is 10.1. The zero-order chi connectivity index (χ0) is 14.0. The van der Waals surface area contributed by atoms with Crippen molar-refractivity contribution in [2.75, 3.05) is 24.3 Å². The summed E-state index contributed by atoms with van der Waals surface area (Å²) in [6.45, 7) is 1.92. The van der Waals surface area contributed by atoms with Gasteiger partial charge < -0.3 is 20.1 Å². The van der Waals surface area contributed by atoms with E-state index in [1.165, 1.54) is 12.0 Å². The summed E-state index contributed by atoms with van der Waals surface area (Å²) in [5.41, 5.74) is 6.85. The third kappa shape index (κ3) is 2.62. The summed E-state index contributed by atoms with van der Waals surface area (Å²) in [4.78, 5) is 24.8. The predicted octanol–water partition coefficient (Wildman–Crippen LogP) is 0.946. The van der Waals surface area contributed by atoms with Crippen LogP contribution in [0.3, 0.4) is 0 Å². The number of hydrogen-bond donors (Lipinski definition) is 1. The van der Waals surface area contributed by atoms with Crippen molar-refractivity contribution in [3.8, 4) is 5.75 Å². The smallest absolute Gasteiger partial charge is 0.307 e. The molecule has 0 saturated carbocycles. The Morgan fingerprint density at radius 1 is 1.53 bits per heavy atom. The van der Waals surface area contributed by atoms with Crippen LogP contribution in [-0.4, -0.2) is 31.6 Å². The number of methoxy groups -OCH3 is 1. The van der Waals surface area contributed by atoms with Crippen molar-refractivity contribution in [1.82, 2.24) is 0 Å². The molecule has 0 bridgehead atoms. The molecular formula is C13H16N2O4. The van der Waals surface area contributed by atoms with Gasteiger partial charge in [0.2, 0.25) is 0 Å². The Bertz CT molecular complexity index is 515. The summed E-state index contributed by atoms with van der Waals surface area (Å²) in [5.74, 6) is 0.0329. The van der Waals surface area contributed by atoms with Crippen LogP contribution in [0.1, 0.15) is 13.3 Å². The second-order valence-corrected chi connectivity index (χ2v) is 4.30. The van der Waals surface area contributed by atoms with E-state index in [-0.39, 0.29) is 24.8 Å². The minimum atomic E-state index is -0.575. The molecule has 6 heteroatoms. The molecule has 6 nitrogen and oxygen atoms in total. The molecule has 1 heterocycles. The summed E-state index contributed by atoms with van der Waals surface area (Å²) in [6, 6.07) is 5.09. The number of hydrogen-bond acceptors (Lipinski definition) is 5. The number of carbonyl (C=O) groups excluding carboxylic acids is 2. The van der Waals surface area contributed by atoms with Gasteiger partial charge in [-0.15, -0.1) is 0 Å². The third-order valence-electron chi connectivity index (χ3n) is 2.96. The van der Waals surface area contributed by atoms with Crippen molar-refractivity contribution < 1.29 is 19.1 Å². The highest BCUT2D eigenvalue weighted by Crippen LogP contribution is 2.35. The molecule has 102 valence electrons. The van der Waals surface area contributed by atoms with Crippen LogP contribution in [-0.2, 0) is 14.3 Å². The minimum Gasteiger partial charge on any atom is -0.479 e. The fraction of sp³-hybridized carbons (Fsp3) is 0.385. The van der Waals surface area contributed by atoms with Gasteiger partial charge in [-0.05, 0) is 25.1 Å². The number of esters is 1. The number of benzene rings is 1. The lowest BCUT2D eigenvalue weighted by Crippen LogP contribution is -2.45. The first-order chi connectivity index (χ1) is 9.02. The number of nitrogen functional groups attached to an aromatic ring is 1. The first-order valence-corrected chi connectivity index (χ1v) is 5.97. The van der Waals surface area contributed by atoms with Crippen molar-refractivity contribution in [3.05, 3.63) is 18.2 Å². The predicted molar refractivity (Wildman–Crippen MR) is 69.9 cm³/mol. The van der Waals surface area contributed by atoms with Gasteiger partial charge in [0.05, 0.1) is 19.2 Å². The Hall–Kier alpha value is -2.24. The lowest BCUT2D eigenvalue weighted by atomic mass is 10.1. The average molecular weight is 264 g/mol. The molecule has 1 aromatic rings. The maximum atomic E-state index is 12.1. The second-order valence-electron chi connectivity index (χ2n) is 4.30. The lowest BCUT2D eigenvalue weighted by Gasteiger charge is -2.33. The summed E-state index contributed by atoms with van der Waals surface area (Å²) in [6.07, 6.45) is -0.447. The Morgan fingerprint density at radius 3 is 2.95 bits per heavy atom.